The summed E-state index contributed by atoms with van der Waals surface area (Å²) in [6, 6.07) is 10.3. The highest BCUT2D eigenvalue weighted by molar-refractivity contribution is 7.90. The lowest BCUT2D eigenvalue weighted by Crippen LogP contribution is -2.39. The number of hydrogen-bond donors (Lipinski definition) is 0. The molecule has 0 aliphatic carbocycles. The first-order valence-electron chi connectivity index (χ1n) is 7.73. The highest BCUT2D eigenvalue weighted by atomic mass is 32.2. The first kappa shape index (κ1) is 17.2. The Morgan fingerprint density at radius 1 is 1.16 bits per heavy atom. The number of likely N-dealkylation sites (N-methyl/N-ethyl adjacent to an activating group) is 2. The smallest absolute Gasteiger partial charge is 0.285 e. The zero-order valence-corrected chi connectivity index (χ0v) is 15.1. The number of fused-ring (bicyclic) bond motifs is 1. The number of furan rings is 1. The molecule has 1 amide bonds. The Labute approximate surface area is 146 Å². The monoisotopic (exact) mass is 361 g/mol. The molecular weight excluding hydrogens is 342 g/mol. The Hall–Kier alpha value is -2.61. The lowest BCUT2D eigenvalue weighted by molar-refractivity contribution is -0.130. The van der Waals surface area contributed by atoms with Crippen LogP contribution in [0.1, 0.15) is 17.1 Å². The average molecular weight is 361 g/mol. The summed E-state index contributed by atoms with van der Waals surface area (Å²) in [4.78, 5) is 15.7. The molecule has 1 aromatic carbocycles. The molecule has 0 atom stereocenters. The van der Waals surface area contributed by atoms with Gasteiger partial charge in [0.05, 0.1) is 13.1 Å². The molecule has 0 saturated carbocycles. The maximum atomic E-state index is 12.4. The Balaban J connectivity index is 1.72. The first-order chi connectivity index (χ1) is 11.8. The number of rotatable bonds is 4. The Morgan fingerprint density at radius 2 is 1.88 bits per heavy atom. The van der Waals surface area contributed by atoms with Gasteiger partial charge in [0.15, 0.2) is 5.84 Å². The molecule has 0 saturated heterocycles. The lowest BCUT2D eigenvalue weighted by Gasteiger charge is -2.22. The third-order valence-corrected chi connectivity index (χ3v) is 5.29. The second kappa shape index (κ2) is 6.36. The van der Waals surface area contributed by atoms with Crippen LogP contribution in [-0.2, 0) is 21.4 Å². The van der Waals surface area contributed by atoms with Crippen LogP contribution in [0, 0.1) is 6.92 Å². The van der Waals surface area contributed by atoms with Crippen molar-refractivity contribution in [3.63, 3.8) is 0 Å². The molecular formula is C17H19N3O4S. The van der Waals surface area contributed by atoms with Crippen molar-refractivity contribution in [2.24, 2.45) is 4.40 Å². The fourth-order valence-corrected chi connectivity index (χ4v) is 3.91. The number of benzene rings is 1. The van der Waals surface area contributed by atoms with Crippen molar-refractivity contribution in [2.45, 2.75) is 18.4 Å². The van der Waals surface area contributed by atoms with E-state index < -0.39 is 10.0 Å². The fourth-order valence-electron chi connectivity index (χ4n) is 2.65. The van der Waals surface area contributed by atoms with Crippen molar-refractivity contribution in [1.82, 2.24) is 9.80 Å². The van der Waals surface area contributed by atoms with Crippen molar-refractivity contribution >= 4 is 21.8 Å². The molecule has 0 unspecified atom stereocenters. The molecule has 3 rings (SSSR count). The predicted octanol–water partition coefficient (Wildman–Crippen LogP) is 1.63. The third-order valence-electron chi connectivity index (χ3n) is 3.96. The summed E-state index contributed by atoms with van der Waals surface area (Å²) < 4.78 is 33.5. The predicted molar refractivity (Wildman–Crippen MR) is 92.7 cm³/mol. The number of sulfonamides is 1. The van der Waals surface area contributed by atoms with Crippen LogP contribution in [0.5, 0.6) is 0 Å². The summed E-state index contributed by atoms with van der Waals surface area (Å²) in [5.74, 6) is 1.60. The van der Waals surface area contributed by atoms with Gasteiger partial charge in [-0.2, -0.15) is 8.42 Å². The number of carbonyl (C=O) groups is 1. The van der Waals surface area contributed by atoms with Gasteiger partial charge in [0.25, 0.3) is 10.0 Å². The van der Waals surface area contributed by atoms with Crippen molar-refractivity contribution in [1.29, 1.82) is 0 Å². The molecule has 132 valence electrons. The fraction of sp³-hybridized carbons (Fsp3) is 0.294. The Morgan fingerprint density at radius 3 is 2.56 bits per heavy atom. The molecule has 0 bridgehead atoms. The van der Waals surface area contributed by atoms with Crippen LogP contribution in [0.15, 0.2) is 50.1 Å². The topological polar surface area (TPSA) is 83.2 Å². The second-order valence-corrected chi connectivity index (χ2v) is 7.58. The van der Waals surface area contributed by atoms with Gasteiger partial charge in [-0.15, -0.1) is 4.40 Å². The molecule has 8 heteroatoms. The molecule has 0 fully saturated rings. The third kappa shape index (κ3) is 3.43. The molecule has 1 aliphatic heterocycles. The van der Waals surface area contributed by atoms with E-state index in [4.69, 9.17) is 4.42 Å². The van der Waals surface area contributed by atoms with E-state index in [2.05, 4.69) is 4.40 Å². The van der Waals surface area contributed by atoms with Gasteiger partial charge in [-0.1, -0.05) is 12.1 Å². The Kier molecular flexibility index (Phi) is 4.38. The average Bonchev–Trinajstić information content (AvgIpc) is 3.08. The van der Waals surface area contributed by atoms with Crippen LogP contribution in [0.4, 0.5) is 0 Å². The first-order valence-corrected chi connectivity index (χ1v) is 9.17. The van der Waals surface area contributed by atoms with Gasteiger partial charge in [0.1, 0.15) is 16.4 Å². The molecule has 2 aromatic rings. The zero-order valence-electron chi connectivity index (χ0n) is 14.3. The molecule has 25 heavy (non-hydrogen) atoms. The maximum absolute atomic E-state index is 12.4. The quantitative estimate of drug-likeness (QED) is 0.826. The summed E-state index contributed by atoms with van der Waals surface area (Å²) in [5.41, 5.74) is 0.516. The molecule has 0 spiro atoms. The molecule has 1 aromatic heterocycles. The standard InChI is InChI=1S/C17H19N3O4S/c1-12-8-9-13(24-12)10-19(2)16(21)11-20(3)17-14-6-4-5-7-15(14)25(22,23)18-17/h4-9H,10-11H2,1-3H3. The van der Waals surface area contributed by atoms with E-state index >= 15 is 0 Å². The minimum absolute atomic E-state index is 0.0128. The van der Waals surface area contributed by atoms with Gasteiger partial charge in [0.2, 0.25) is 5.91 Å². The van der Waals surface area contributed by atoms with Gasteiger partial charge in [-0.25, -0.2) is 0 Å². The van der Waals surface area contributed by atoms with Crippen molar-refractivity contribution in [3.05, 3.63) is 53.5 Å². The normalized spacial score (nSPS) is 14.8. The summed E-state index contributed by atoms with van der Waals surface area (Å²) in [7, 11) is -0.367. The van der Waals surface area contributed by atoms with Gasteiger partial charge in [0, 0.05) is 19.7 Å². The van der Waals surface area contributed by atoms with Crippen molar-refractivity contribution in [3.8, 4) is 0 Å². The summed E-state index contributed by atoms with van der Waals surface area (Å²) in [6.07, 6.45) is 0. The number of amidine groups is 1. The van der Waals surface area contributed by atoms with E-state index in [0.717, 1.165) is 5.76 Å². The van der Waals surface area contributed by atoms with Crippen LogP contribution in [0.2, 0.25) is 0 Å². The van der Waals surface area contributed by atoms with Crippen molar-refractivity contribution < 1.29 is 17.6 Å². The van der Waals surface area contributed by atoms with E-state index in [-0.39, 0.29) is 23.2 Å². The number of carbonyl (C=O) groups excluding carboxylic acids is 1. The Bertz CT molecular complexity index is 946. The zero-order chi connectivity index (χ0) is 18.2. The number of aryl methyl sites for hydroxylation is 1. The molecule has 7 nitrogen and oxygen atoms in total. The lowest BCUT2D eigenvalue weighted by atomic mass is 10.2. The minimum Gasteiger partial charge on any atom is -0.464 e. The molecule has 0 N–H and O–H groups in total. The van der Waals surface area contributed by atoms with Crippen molar-refractivity contribution in [2.75, 3.05) is 20.6 Å². The largest absolute Gasteiger partial charge is 0.464 e. The number of nitrogens with zero attached hydrogens (tertiary/aromatic N) is 3. The van der Waals surface area contributed by atoms with E-state index in [1.165, 1.54) is 11.0 Å². The van der Waals surface area contributed by atoms with Crippen LogP contribution in [0.3, 0.4) is 0 Å². The molecule has 0 radical (unpaired) electrons. The maximum Gasteiger partial charge on any atom is 0.285 e. The minimum atomic E-state index is -3.70. The number of amides is 1. The van der Waals surface area contributed by atoms with E-state index in [1.54, 1.807) is 37.2 Å². The van der Waals surface area contributed by atoms with Crippen LogP contribution in [0.25, 0.3) is 0 Å². The summed E-state index contributed by atoms with van der Waals surface area (Å²) in [6.45, 7) is 2.20. The van der Waals surface area contributed by atoms with E-state index in [1.807, 2.05) is 19.1 Å². The van der Waals surface area contributed by atoms with Crippen LogP contribution in [-0.4, -0.2) is 50.6 Å². The highest BCUT2D eigenvalue weighted by Crippen LogP contribution is 2.26. The summed E-state index contributed by atoms with van der Waals surface area (Å²) in [5, 5.41) is 0. The van der Waals surface area contributed by atoms with Crippen LogP contribution >= 0.6 is 0 Å². The van der Waals surface area contributed by atoms with Crippen LogP contribution < -0.4 is 0 Å². The SMILES string of the molecule is Cc1ccc(CN(C)C(=O)CN(C)C2=NS(=O)(=O)c3ccccc32)o1. The van der Waals surface area contributed by atoms with Gasteiger partial charge in [-0.3, -0.25) is 4.79 Å². The van der Waals surface area contributed by atoms with Gasteiger partial charge < -0.3 is 14.2 Å². The summed E-state index contributed by atoms with van der Waals surface area (Å²) >= 11 is 0. The van der Waals surface area contributed by atoms with E-state index in [9.17, 15) is 13.2 Å². The van der Waals surface area contributed by atoms with Gasteiger partial charge >= 0.3 is 0 Å². The molecule has 2 heterocycles. The second-order valence-electron chi connectivity index (χ2n) is 6.00. The van der Waals surface area contributed by atoms with E-state index in [0.29, 0.717) is 17.9 Å². The highest BCUT2D eigenvalue weighted by Gasteiger charge is 2.31. The molecule has 1 aliphatic rings. The van der Waals surface area contributed by atoms with Gasteiger partial charge in [-0.05, 0) is 31.2 Å². The number of hydrogen-bond acceptors (Lipinski definition) is 5.